The maximum Gasteiger partial charge on any atom is 0.282 e. The fourth-order valence-electron chi connectivity index (χ4n) is 4.60. The molecule has 0 spiro atoms. The highest BCUT2D eigenvalue weighted by Crippen LogP contribution is 2.38. The van der Waals surface area contributed by atoms with Gasteiger partial charge < -0.3 is 10.0 Å². The smallest absolute Gasteiger partial charge is 0.282 e. The Labute approximate surface area is 177 Å². The van der Waals surface area contributed by atoms with Crippen molar-refractivity contribution in [3.8, 4) is 0 Å². The lowest BCUT2D eigenvalue weighted by molar-refractivity contribution is -0.120. The van der Waals surface area contributed by atoms with Crippen molar-refractivity contribution in [3.63, 3.8) is 0 Å². The SMILES string of the molecule is Cc1ccc(C2=C(N3CCCC(CO)C3)C(=O)N(c3ccccc3C)C2=O)c(C)c1. The molecule has 1 saturated heterocycles. The van der Waals surface area contributed by atoms with E-state index in [1.807, 2.05) is 68.1 Å². The first-order valence-corrected chi connectivity index (χ1v) is 10.5. The summed E-state index contributed by atoms with van der Waals surface area (Å²) in [7, 11) is 0. The Balaban J connectivity index is 1.87. The monoisotopic (exact) mass is 404 g/mol. The van der Waals surface area contributed by atoms with Gasteiger partial charge >= 0.3 is 0 Å². The number of carbonyl (C=O) groups excluding carboxylic acids is 2. The minimum Gasteiger partial charge on any atom is -0.396 e. The lowest BCUT2D eigenvalue weighted by Crippen LogP contribution is -2.40. The minimum atomic E-state index is -0.276. The number of carbonyl (C=O) groups is 2. The fourth-order valence-corrected chi connectivity index (χ4v) is 4.60. The number of anilines is 1. The van der Waals surface area contributed by atoms with E-state index in [0.717, 1.165) is 35.1 Å². The zero-order valence-electron chi connectivity index (χ0n) is 17.8. The molecule has 4 rings (SSSR count). The highest BCUT2D eigenvalue weighted by atomic mass is 16.3. The zero-order valence-corrected chi connectivity index (χ0v) is 17.8. The van der Waals surface area contributed by atoms with Gasteiger partial charge in [-0.25, -0.2) is 4.90 Å². The first kappa shape index (κ1) is 20.4. The minimum absolute atomic E-state index is 0.0896. The van der Waals surface area contributed by atoms with E-state index in [4.69, 9.17) is 0 Å². The van der Waals surface area contributed by atoms with E-state index in [9.17, 15) is 14.7 Å². The molecule has 30 heavy (non-hydrogen) atoms. The Morgan fingerprint density at radius 1 is 1.00 bits per heavy atom. The third-order valence-electron chi connectivity index (χ3n) is 6.16. The molecule has 0 aliphatic carbocycles. The summed E-state index contributed by atoms with van der Waals surface area (Å²) >= 11 is 0. The second-order valence-electron chi connectivity index (χ2n) is 8.41. The number of nitrogens with zero attached hydrogens (tertiary/aromatic N) is 2. The van der Waals surface area contributed by atoms with E-state index < -0.39 is 0 Å². The van der Waals surface area contributed by atoms with Crippen molar-refractivity contribution in [2.75, 3.05) is 24.6 Å². The topological polar surface area (TPSA) is 60.9 Å². The molecule has 1 unspecified atom stereocenters. The third-order valence-corrected chi connectivity index (χ3v) is 6.16. The highest BCUT2D eigenvalue weighted by molar-refractivity contribution is 6.45. The lowest BCUT2D eigenvalue weighted by atomic mass is 9.95. The average molecular weight is 405 g/mol. The normalized spacial score (nSPS) is 19.8. The zero-order chi connectivity index (χ0) is 21.4. The molecule has 0 saturated carbocycles. The van der Waals surface area contributed by atoms with Crippen molar-refractivity contribution >= 4 is 23.1 Å². The van der Waals surface area contributed by atoms with Crippen LogP contribution in [0.1, 0.15) is 35.1 Å². The number of aryl methyl sites for hydroxylation is 3. The van der Waals surface area contributed by atoms with Gasteiger partial charge in [0.1, 0.15) is 5.70 Å². The van der Waals surface area contributed by atoms with Gasteiger partial charge in [0.2, 0.25) is 0 Å². The van der Waals surface area contributed by atoms with Crippen LogP contribution in [0.3, 0.4) is 0 Å². The Kier molecular flexibility index (Phi) is 5.48. The summed E-state index contributed by atoms with van der Waals surface area (Å²) < 4.78 is 0. The van der Waals surface area contributed by atoms with E-state index in [1.54, 1.807) is 0 Å². The van der Waals surface area contributed by atoms with Crippen LogP contribution in [-0.4, -0.2) is 41.5 Å². The number of amides is 2. The van der Waals surface area contributed by atoms with Gasteiger partial charge in [-0.1, -0.05) is 42.0 Å². The molecular weight excluding hydrogens is 376 g/mol. The number of para-hydroxylation sites is 1. The molecule has 2 aromatic rings. The number of piperidine rings is 1. The van der Waals surface area contributed by atoms with Gasteiger partial charge in [0.25, 0.3) is 11.8 Å². The number of rotatable bonds is 4. The van der Waals surface area contributed by atoms with Crippen LogP contribution < -0.4 is 4.90 Å². The van der Waals surface area contributed by atoms with Crippen LogP contribution in [0.2, 0.25) is 0 Å². The first-order valence-electron chi connectivity index (χ1n) is 10.5. The summed E-state index contributed by atoms with van der Waals surface area (Å²) in [5.74, 6) is -0.438. The van der Waals surface area contributed by atoms with Gasteiger partial charge in [0.15, 0.2) is 0 Å². The summed E-state index contributed by atoms with van der Waals surface area (Å²) in [6.07, 6.45) is 1.82. The largest absolute Gasteiger partial charge is 0.396 e. The molecule has 2 heterocycles. The van der Waals surface area contributed by atoms with E-state index in [0.29, 0.717) is 30.0 Å². The van der Waals surface area contributed by atoms with E-state index >= 15 is 0 Å². The Morgan fingerprint density at radius 3 is 2.47 bits per heavy atom. The van der Waals surface area contributed by atoms with Crippen LogP contribution in [0.15, 0.2) is 48.2 Å². The summed E-state index contributed by atoms with van der Waals surface area (Å²) in [5, 5.41) is 9.69. The number of imide groups is 1. The number of likely N-dealkylation sites (tertiary alicyclic amines) is 1. The van der Waals surface area contributed by atoms with Crippen LogP contribution in [-0.2, 0) is 9.59 Å². The van der Waals surface area contributed by atoms with Crippen LogP contribution in [0.25, 0.3) is 5.57 Å². The van der Waals surface area contributed by atoms with Crippen molar-refractivity contribution in [2.24, 2.45) is 5.92 Å². The average Bonchev–Trinajstić information content (AvgIpc) is 2.99. The molecule has 0 aromatic heterocycles. The number of hydrogen-bond acceptors (Lipinski definition) is 4. The van der Waals surface area contributed by atoms with Gasteiger partial charge in [-0.3, -0.25) is 9.59 Å². The predicted molar refractivity (Wildman–Crippen MR) is 118 cm³/mol. The van der Waals surface area contributed by atoms with Gasteiger partial charge in [-0.15, -0.1) is 0 Å². The highest BCUT2D eigenvalue weighted by Gasteiger charge is 2.44. The maximum absolute atomic E-state index is 13.7. The van der Waals surface area contributed by atoms with E-state index in [2.05, 4.69) is 0 Å². The van der Waals surface area contributed by atoms with Crippen LogP contribution in [0, 0.1) is 26.7 Å². The van der Waals surface area contributed by atoms with Crippen molar-refractivity contribution in [2.45, 2.75) is 33.6 Å². The van der Waals surface area contributed by atoms with Gasteiger partial charge in [0.05, 0.1) is 11.3 Å². The first-order chi connectivity index (χ1) is 14.4. The Morgan fingerprint density at radius 2 is 1.77 bits per heavy atom. The third kappa shape index (κ3) is 3.43. The van der Waals surface area contributed by atoms with Crippen molar-refractivity contribution in [1.29, 1.82) is 0 Å². The van der Waals surface area contributed by atoms with Gasteiger partial charge in [-0.2, -0.15) is 0 Å². The number of hydrogen-bond donors (Lipinski definition) is 1. The summed E-state index contributed by atoms with van der Waals surface area (Å²) in [4.78, 5) is 30.7. The molecule has 1 fully saturated rings. The molecule has 5 nitrogen and oxygen atoms in total. The lowest BCUT2D eigenvalue weighted by Gasteiger charge is -2.34. The second-order valence-corrected chi connectivity index (χ2v) is 8.41. The molecule has 2 aromatic carbocycles. The molecule has 1 N–H and O–H groups in total. The maximum atomic E-state index is 13.7. The van der Waals surface area contributed by atoms with Crippen LogP contribution in [0.5, 0.6) is 0 Å². The molecule has 1 atom stereocenters. The van der Waals surface area contributed by atoms with Gasteiger partial charge in [-0.05, 0) is 62.3 Å². The molecule has 0 radical (unpaired) electrons. The number of aliphatic hydroxyl groups is 1. The molecule has 156 valence electrons. The quantitative estimate of drug-likeness (QED) is 0.791. The molecule has 0 bridgehead atoms. The Bertz CT molecular complexity index is 1040. The fraction of sp³-hybridized carbons (Fsp3) is 0.360. The van der Waals surface area contributed by atoms with Crippen molar-refractivity contribution in [1.82, 2.24) is 4.90 Å². The summed E-state index contributed by atoms with van der Waals surface area (Å²) in [6.45, 7) is 7.29. The predicted octanol–water partition coefficient (Wildman–Crippen LogP) is 3.60. The van der Waals surface area contributed by atoms with Gasteiger partial charge in [0, 0.05) is 19.7 Å². The molecule has 2 amide bonds. The van der Waals surface area contributed by atoms with E-state index in [-0.39, 0.29) is 24.3 Å². The molecule has 2 aliphatic rings. The number of benzene rings is 2. The Hall–Kier alpha value is -2.92. The molecular formula is C25H28N2O3. The molecule has 5 heteroatoms. The summed E-state index contributed by atoms with van der Waals surface area (Å²) in [5.41, 5.74) is 5.34. The second kappa shape index (κ2) is 8.07. The van der Waals surface area contributed by atoms with E-state index in [1.165, 1.54) is 4.90 Å². The number of aliphatic hydroxyl groups excluding tert-OH is 1. The van der Waals surface area contributed by atoms with Crippen LogP contribution >= 0.6 is 0 Å². The van der Waals surface area contributed by atoms with Crippen molar-refractivity contribution in [3.05, 3.63) is 70.4 Å². The molecule has 2 aliphatic heterocycles. The standard InChI is InChI=1S/C25H28N2O3/c1-16-10-11-20(18(3)13-16)22-23(26-12-6-8-19(14-26)15-28)25(30)27(24(22)29)21-9-5-4-7-17(21)2/h4-5,7,9-11,13,19,28H,6,8,12,14-15H2,1-3H3. The summed E-state index contributed by atoms with van der Waals surface area (Å²) in [6, 6.07) is 13.4. The van der Waals surface area contributed by atoms with Crippen molar-refractivity contribution < 1.29 is 14.7 Å². The van der Waals surface area contributed by atoms with Crippen LogP contribution in [0.4, 0.5) is 5.69 Å².